The Morgan fingerprint density at radius 1 is 0.889 bits per heavy atom. The van der Waals surface area contributed by atoms with Gasteiger partial charge in [0.25, 0.3) is 0 Å². The molecule has 5 heteroatoms. The maximum atomic E-state index is 13.6. The first-order valence-electron chi connectivity index (χ1n) is 12.9. The lowest BCUT2D eigenvalue weighted by atomic mass is 10.0. The van der Waals surface area contributed by atoms with Gasteiger partial charge < -0.3 is 15.0 Å². The van der Waals surface area contributed by atoms with Crippen molar-refractivity contribution in [2.24, 2.45) is 0 Å². The van der Waals surface area contributed by atoms with Gasteiger partial charge in [-0.2, -0.15) is 0 Å². The fraction of sp³-hybridized carbons (Fsp3) is 0.355. The third-order valence-electron chi connectivity index (χ3n) is 6.25. The molecule has 3 aromatic rings. The summed E-state index contributed by atoms with van der Waals surface area (Å²) in [6.07, 6.45) is 3.26. The monoisotopic (exact) mass is 486 g/mol. The molecule has 0 heterocycles. The van der Waals surface area contributed by atoms with Gasteiger partial charge in [0.05, 0.1) is 6.61 Å². The molecule has 0 aromatic heterocycles. The molecular formula is C31H38N2O3. The second-order valence-corrected chi connectivity index (χ2v) is 9.06. The van der Waals surface area contributed by atoms with Crippen molar-refractivity contribution in [3.63, 3.8) is 0 Å². The van der Waals surface area contributed by atoms with Gasteiger partial charge in [0.1, 0.15) is 11.8 Å². The standard InChI is InChI=1S/C31H38N2O3/c1-3-4-21-32-31(35)29(23-26-15-7-5-8-16-26)33(24-27-17-12-11-14-25(27)2)30(34)20-13-22-36-28-18-9-6-10-19-28/h5-12,14-19,29H,3-4,13,20-24H2,1-2H3,(H,32,35)/t29-/m1/s1. The molecule has 0 saturated carbocycles. The molecule has 0 saturated heterocycles. The number of aryl methyl sites for hydroxylation is 1. The minimum Gasteiger partial charge on any atom is -0.494 e. The fourth-order valence-corrected chi connectivity index (χ4v) is 4.10. The first kappa shape index (κ1) is 27.0. The summed E-state index contributed by atoms with van der Waals surface area (Å²) >= 11 is 0. The lowest BCUT2D eigenvalue weighted by Crippen LogP contribution is -2.50. The Morgan fingerprint density at radius 3 is 2.25 bits per heavy atom. The average Bonchev–Trinajstić information content (AvgIpc) is 2.91. The highest BCUT2D eigenvalue weighted by Gasteiger charge is 2.30. The van der Waals surface area contributed by atoms with Crippen LogP contribution >= 0.6 is 0 Å². The van der Waals surface area contributed by atoms with Crippen molar-refractivity contribution in [2.45, 2.75) is 58.5 Å². The zero-order valence-corrected chi connectivity index (χ0v) is 21.5. The summed E-state index contributed by atoms with van der Waals surface area (Å²) in [5.41, 5.74) is 3.18. The molecule has 1 N–H and O–H groups in total. The van der Waals surface area contributed by atoms with Crippen molar-refractivity contribution in [2.75, 3.05) is 13.2 Å². The average molecular weight is 487 g/mol. The molecule has 1 atom stereocenters. The molecule has 3 rings (SSSR count). The Kier molecular flexibility index (Phi) is 11.0. The largest absolute Gasteiger partial charge is 0.494 e. The van der Waals surface area contributed by atoms with Crippen LogP contribution in [0.4, 0.5) is 0 Å². The van der Waals surface area contributed by atoms with Crippen LogP contribution in [0.15, 0.2) is 84.9 Å². The number of amides is 2. The number of para-hydroxylation sites is 1. The molecule has 0 aliphatic heterocycles. The lowest BCUT2D eigenvalue weighted by Gasteiger charge is -2.32. The van der Waals surface area contributed by atoms with E-state index in [4.69, 9.17) is 4.74 Å². The molecule has 5 nitrogen and oxygen atoms in total. The van der Waals surface area contributed by atoms with Crippen LogP contribution in [0.1, 0.15) is 49.3 Å². The SMILES string of the molecule is CCCCNC(=O)[C@@H](Cc1ccccc1)N(Cc1ccccc1C)C(=O)CCCOc1ccccc1. The van der Waals surface area contributed by atoms with Crippen molar-refractivity contribution < 1.29 is 14.3 Å². The maximum absolute atomic E-state index is 13.6. The van der Waals surface area contributed by atoms with Gasteiger partial charge in [-0.05, 0) is 48.6 Å². The first-order chi connectivity index (χ1) is 17.6. The summed E-state index contributed by atoms with van der Waals surface area (Å²) in [5.74, 6) is 0.648. The van der Waals surface area contributed by atoms with E-state index in [1.54, 1.807) is 4.90 Å². The van der Waals surface area contributed by atoms with E-state index in [1.807, 2.05) is 91.9 Å². The zero-order chi connectivity index (χ0) is 25.6. The maximum Gasteiger partial charge on any atom is 0.243 e. The van der Waals surface area contributed by atoms with E-state index in [0.29, 0.717) is 39.0 Å². The number of unbranched alkanes of at least 4 members (excludes halogenated alkanes) is 1. The van der Waals surface area contributed by atoms with Crippen molar-refractivity contribution >= 4 is 11.8 Å². The Balaban J connectivity index is 1.79. The number of rotatable bonds is 14. The number of carbonyl (C=O) groups excluding carboxylic acids is 2. The second-order valence-electron chi connectivity index (χ2n) is 9.06. The predicted molar refractivity (Wildman–Crippen MR) is 145 cm³/mol. The van der Waals surface area contributed by atoms with E-state index in [-0.39, 0.29) is 11.8 Å². The summed E-state index contributed by atoms with van der Waals surface area (Å²) < 4.78 is 5.79. The first-order valence-corrected chi connectivity index (χ1v) is 12.9. The third kappa shape index (κ3) is 8.56. The summed E-state index contributed by atoms with van der Waals surface area (Å²) in [6.45, 7) is 5.58. The Bertz CT molecular complexity index is 1070. The fourth-order valence-electron chi connectivity index (χ4n) is 4.10. The molecule has 0 aliphatic carbocycles. The molecule has 36 heavy (non-hydrogen) atoms. The van der Waals surface area contributed by atoms with Crippen LogP contribution in [-0.2, 0) is 22.6 Å². The van der Waals surface area contributed by atoms with Gasteiger partial charge in [0, 0.05) is 25.9 Å². The van der Waals surface area contributed by atoms with Crippen molar-refractivity contribution in [3.05, 3.63) is 102 Å². The van der Waals surface area contributed by atoms with E-state index in [2.05, 4.69) is 12.2 Å². The van der Waals surface area contributed by atoms with Crippen LogP contribution in [0.25, 0.3) is 0 Å². The number of nitrogens with one attached hydrogen (secondary N) is 1. The van der Waals surface area contributed by atoms with Crippen molar-refractivity contribution in [1.82, 2.24) is 10.2 Å². The van der Waals surface area contributed by atoms with Gasteiger partial charge in [0.15, 0.2) is 0 Å². The van der Waals surface area contributed by atoms with Gasteiger partial charge in [-0.3, -0.25) is 9.59 Å². The molecule has 0 unspecified atom stereocenters. The smallest absolute Gasteiger partial charge is 0.243 e. The number of hydrogen-bond donors (Lipinski definition) is 1. The molecule has 0 fully saturated rings. The molecule has 2 amide bonds. The Labute approximate surface area is 215 Å². The third-order valence-corrected chi connectivity index (χ3v) is 6.25. The lowest BCUT2D eigenvalue weighted by molar-refractivity contribution is -0.141. The minimum atomic E-state index is -0.591. The second kappa shape index (κ2) is 14.7. The number of ether oxygens (including phenoxy) is 1. The highest BCUT2D eigenvalue weighted by atomic mass is 16.5. The van der Waals surface area contributed by atoms with Crippen LogP contribution in [-0.4, -0.2) is 35.9 Å². The number of benzene rings is 3. The Morgan fingerprint density at radius 2 is 1.56 bits per heavy atom. The van der Waals surface area contributed by atoms with Crippen LogP contribution < -0.4 is 10.1 Å². The highest BCUT2D eigenvalue weighted by molar-refractivity contribution is 5.88. The van der Waals surface area contributed by atoms with Gasteiger partial charge in [-0.25, -0.2) is 0 Å². The topological polar surface area (TPSA) is 58.6 Å². The molecule has 0 spiro atoms. The van der Waals surface area contributed by atoms with Gasteiger partial charge >= 0.3 is 0 Å². The normalized spacial score (nSPS) is 11.5. The van der Waals surface area contributed by atoms with Gasteiger partial charge in [-0.1, -0.05) is 86.1 Å². The summed E-state index contributed by atoms with van der Waals surface area (Å²) in [6, 6.07) is 27.0. The molecule has 0 bridgehead atoms. The van der Waals surface area contributed by atoms with Crippen LogP contribution in [0.2, 0.25) is 0 Å². The summed E-state index contributed by atoms with van der Waals surface area (Å²) in [5, 5.41) is 3.07. The molecule has 0 aliphatic rings. The van der Waals surface area contributed by atoms with E-state index >= 15 is 0 Å². The van der Waals surface area contributed by atoms with Gasteiger partial charge in [0.2, 0.25) is 11.8 Å². The number of carbonyl (C=O) groups is 2. The Hall–Kier alpha value is -3.60. The van der Waals surface area contributed by atoms with Gasteiger partial charge in [-0.15, -0.1) is 0 Å². The van der Waals surface area contributed by atoms with Crippen molar-refractivity contribution in [3.8, 4) is 5.75 Å². The van der Waals surface area contributed by atoms with Crippen molar-refractivity contribution in [1.29, 1.82) is 0 Å². The van der Waals surface area contributed by atoms with E-state index in [0.717, 1.165) is 35.3 Å². The summed E-state index contributed by atoms with van der Waals surface area (Å²) in [4.78, 5) is 28.8. The quantitative estimate of drug-likeness (QED) is 0.297. The van der Waals surface area contributed by atoms with Crippen LogP contribution in [0.5, 0.6) is 5.75 Å². The van der Waals surface area contributed by atoms with Crippen LogP contribution in [0.3, 0.4) is 0 Å². The minimum absolute atomic E-state index is 0.0403. The summed E-state index contributed by atoms with van der Waals surface area (Å²) in [7, 11) is 0. The zero-order valence-electron chi connectivity index (χ0n) is 21.5. The van der Waals surface area contributed by atoms with E-state index in [9.17, 15) is 9.59 Å². The van der Waals surface area contributed by atoms with E-state index in [1.165, 1.54) is 0 Å². The predicted octanol–water partition coefficient (Wildman–Crippen LogP) is 5.71. The molecule has 0 radical (unpaired) electrons. The molecular weight excluding hydrogens is 448 g/mol. The van der Waals surface area contributed by atoms with E-state index < -0.39 is 6.04 Å². The highest BCUT2D eigenvalue weighted by Crippen LogP contribution is 2.19. The van der Waals surface area contributed by atoms with Crippen LogP contribution in [0, 0.1) is 6.92 Å². The number of hydrogen-bond acceptors (Lipinski definition) is 3. The molecule has 3 aromatic carbocycles. The molecule has 190 valence electrons. The number of nitrogens with zero attached hydrogens (tertiary/aromatic N) is 1.